The smallest absolute Gasteiger partial charge is 0.251 e. The molecule has 0 unspecified atom stereocenters. The predicted molar refractivity (Wildman–Crippen MR) is 167 cm³/mol. The average Bonchev–Trinajstić information content (AvgIpc) is 2.92. The van der Waals surface area contributed by atoms with Crippen LogP contribution >= 0.6 is 0 Å². The van der Waals surface area contributed by atoms with Crippen molar-refractivity contribution >= 4 is 27.5 Å². The maximum atomic E-state index is 13.7. The van der Waals surface area contributed by atoms with Gasteiger partial charge in [0.1, 0.15) is 0 Å². The van der Waals surface area contributed by atoms with Gasteiger partial charge in [-0.05, 0) is 85.8 Å². The number of nitrogens with zero attached hydrogens (tertiary/aromatic N) is 1. The lowest BCUT2D eigenvalue weighted by molar-refractivity contribution is -0.123. The van der Waals surface area contributed by atoms with Gasteiger partial charge in [0, 0.05) is 31.2 Å². The highest BCUT2D eigenvalue weighted by Gasteiger charge is 2.23. The fraction of sp³-hybridized carbons (Fsp3) is 0.562. The van der Waals surface area contributed by atoms with Gasteiger partial charge in [-0.25, -0.2) is 8.42 Å². The number of amides is 2. The lowest BCUT2D eigenvalue weighted by Crippen LogP contribution is -2.50. The fourth-order valence-corrected chi connectivity index (χ4v) is 6.22. The Morgan fingerprint density at radius 1 is 1.05 bits per heavy atom. The van der Waals surface area contributed by atoms with Crippen molar-refractivity contribution in [3.05, 3.63) is 64.7 Å². The highest BCUT2D eigenvalue weighted by atomic mass is 32.2. The number of benzene rings is 2. The molecule has 0 saturated heterocycles. The molecule has 4 bridgehead atoms. The molecule has 0 spiro atoms. The molecule has 2 aromatic rings. The van der Waals surface area contributed by atoms with Crippen LogP contribution in [0.15, 0.2) is 42.5 Å². The molecule has 9 heteroatoms. The Morgan fingerprint density at radius 2 is 1.76 bits per heavy atom. The Morgan fingerprint density at radius 3 is 2.41 bits per heavy atom. The topological polar surface area (TPSA) is 108 Å². The molecule has 0 aliphatic carbocycles. The molecule has 0 fully saturated rings. The van der Waals surface area contributed by atoms with Gasteiger partial charge in [0.15, 0.2) is 0 Å². The lowest BCUT2D eigenvalue weighted by atomic mass is 9.97. The van der Waals surface area contributed by atoms with Gasteiger partial charge in [-0.15, -0.1) is 0 Å². The number of carbonyl (C=O) groups is 2. The van der Waals surface area contributed by atoms with Crippen molar-refractivity contribution in [2.24, 2.45) is 5.92 Å². The monoisotopic (exact) mass is 584 g/mol. The summed E-state index contributed by atoms with van der Waals surface area (Å²) in [7, 11) is -3.51. The van der Waals surface area contributed by atoms with E-state index in [1.165, 1.54) is 16.1 Å². The van der Waals surface area contributed by atoms with Crippen LogP contribution in [0.1, 0.15) is 80.4 Å². The first-order valence-corrected chi connectivity index (χ1v) is 16.9. The minimum absolute atomic E-state index is 0.0375. The maximum absolute atomic E-state index is 13.7. The van der Waals surface area contributed by atoms with Crippen molar-refractivity contribution in [2.75, 3.05) is 30.2 Å². The molecule has 1 aliphatic rings. The van der Waals surface area contributed by atoms with Crippen LogP contribution in [0, 0.1) is 5.92 Å². The zero-order chi connectivity index (χ0) is 30.0. The molecule has 226 valence electrons. The standard InChI is InChI=1S/C32H48N4O4S/c1-6-15-36(41(5,39)40)29-19-26-12-9-8-11-24-13-10-14-25(16-24)18-28(35-31(37)27(17-26)20-29)22-33-30(7-2)32(38)34-21-23(3)4/h10,13-14,16-17,19-20,23,28,30,33H,6-9,11-12,15,18,21-22H2,1-5H3,(H,34,38)(H,35,37)/t28-,30+/m1/s1. The molecule has 2 amide bonds. The molecule has 0 aromatic heterocycles. The number of anilines is 1. The second-order valence-electron chi connectivity index (χ2n) is 11.6. The molecular formula is C32H48N4O4S. The van der Waals surface area contributed by atoms with E-state index in [0.717, 1.165) is 36.8 Å². The largest absolute Gasteiger partial charge is 0.354 e. The first kappa shape index (κ1) is 32.6. The molecule has 1 heterocycles. The van der Waals surface area contributed by atoms with Gasteiger partial charge in [-0.2, -0.15) is 0 Å². The van der Waals surface area contributed by atoms with Gasteiger partial charge < -0.3 is 16.0 Å². The quantitative estimate of drug-likeness (QED) is 0.367. The zero-order valence-corrected chi connectivity index (χ0v) is 26.1. The number of hydrogen-bond acceptors (Lipinski definition) is 5. The number of fused-ring (bicyclic) bond motifs is 4. The highest BCUT2D eigenvalue weighted by molar-refractivity contribution is 7.92. The van der Waals surface area contributed by atoms with Crippen LogP contribution in [0.3, 0.4) is 0 Å². The highest BCUT2D eigenvalue weighted by Crippen LogP contribution is 2.24. The molecule has 2 aromatic carbocycles. The Kier molecular flexibility index (Phi) is 12.2. The van der Waals surface area contributed by atoms with E-state index in [2.05, 4.69) is 54.1 Å². The second-order valence-corrected chi connectivity index (χ2v) is 13.5. The van der Waals surface area contributed by atoms with E-state index >= 15 is 0 Å². The molecule has 41 heavy (non-hydrogen) atoms. The molecule has 8 nitrogen and oxygen atoms in total. The van der Waals surface area contributed by atoms with Crippen LogP contribution in [0.4, 0.5) is 5.69 Å². The van der Waals surface area contributed by atoms with Crippen LogP contribution in [0.25, 0.3) is 0 Å². The third-order valence-corrected chi connectivity index (χ3v) is 8.56. The summed E-state index contributed by atoms with van der Waals surface area (Å²) in [5.74, 6) is 0.0686. The van der Waals surface area contributed by atoms with Crippen molar-refractivity contribution in [1.29, 1.82) is 0 Å². The van der Waals surface area contributed by atoms with Crippen molar-refractivity contribution in [3.8, 4) is 0 Å². The van der Waals surface area contributed by atoms with Gasteiger partial charge in [0.05, 0.1) is 18.0 Å². The minimum Gasteiger partial charge on any atom is -0.354 e. The molecule has 2 atom stereocenters. The Labute approximate surface area is 246 Å². The Bertz CT molecular complexity index is 1280. The summed E-state index contributed by atoms with van der Waals surface area (Å²) in [6.45, 7) is 9.41. The third-order valence-electron chi connectivity index (χ3n) is 7.36. The number of aryl methyl sites for hydroxylation is 2. The summed E-state index contributed by atoms with van der Waals surface area (Å²) < 4.78 is 26.7. The van der Waals surface area contributed by atoms with Crippen molar-refractivity contribution < 1.29 is 18.0 Å². The first-order chi connectivity index (χ1) is 19.5. The predicted octanol–water partition coefficient (Wildman–Crippen LogP) is 4.22. The molecular weight excluding hydrogens is 536 g/mol. The van der Waals surface area contributed by atoms with Gasteiger partial charge in [0.25, 0.3) is 5.91 Å². The number of hydrogen-bond donors (Lipinski definition) is 3. The van der Waals surface area contributed by atoms with E-state index in [1.807, 2.05) is 26.0 Å². The third kappa shape index (κ3) is 10.1. The van der Waals surface area contributed by atoms with Crippen molar-refractivity contribution in [2.45, 2.75) is 84.7 Å². The fourth-order valence-electron chi connectivity index (χ4n) is 5.22. The Hall–Kier alpha value is -2.91. The number of nitrogens with one attached hydrogen (secondary N) is 3. The second kappa shape index (κ2) is 15.4. The summed E-state index contributed by atoms with van der Waals surface area (Å²) in [6.07, 6.45) is 6.74. The Balaban J connectivity index is 1.92. The number of carbonyl (C=O) groups excluding carboxylic acids is 2. The van der Waals surface area contributed by atoms with Gasteiger partial charge >= 0.3 is 0 Å². The van der Waals surface area contributed by atoms with Gasteiger partial charge in [-0.1, -0.05) is 52.0 Å². The normalized spacial score (nSPS) is 16.9. The van der Waals surface area contributed by atoms with E-state index < -0.39 is 10.0 Å². The summed E-state index contributed by atoms with van der Waals surface area (Å²) >= 11 is 0. The van der Waals surface area contributed by atoms with Gasteiger partial charge in [-0.3, -0.25) is 13.9 Å². The molecule has 3 N–H and O–H groups in total. The maximum Gasteiger partial charge on any atom is 0.251 e. The lowest BCUT2D eigenvalue weighted by Gasteiger charge is -2.25. The average molecular weight is 585 g/mol. The summed E-state index contributed by atoms with van der Waals surface area (Å²) in [5, 5.41) is 9.58. The van der Waals surface area contributed by atoms with Crippen LogP contribution in [0.5, 0.6) is 0 Å². The van der Waals surface area contributed by atoms with Crippen LogP contribution in [-0.4, -0.2) is 58.2 Å². The van der Waals surface area contributed by atoms with Crippen LogP contribution in [0.2, 0.25) is 0 Å². The minimum atomic E-state index is -3.51. The SMILES string of the molecule is CCCN(c1cc2cc(c1)C(=O)N[C@@H](CN[C@@H](CC)C(=O)NCC(C)C)Cc1cccc(c1)CCCC2)S(C)(=O)=O. The number of rotatable bonds is 11. The van der Waals surface area contributed by atoms with Gasteiger partial charge in [0.2, 0.25) is 15.9 Å². The molecule has 3 rings (SSSR count). The van der Waals surface area contributed by atoms with Crippen molar-refractivity contribution in [1.82, 2.24) is 16.0 Å². The first-order valence-electron chi connectivity index (χ1n) is 15.0. The molecule has 0 saturated carbocycles. The van der Waals surface area contributed by atoms with E-state index in [0.29, 0.717) is 56.1 Å². The summed E-state index contributed by atoms with van der Waals surface area (Å²) in [4.78, 5) is 26.5. The van der Waals surface area contributed by atoms with E-state index in [-0.39, 0.29) is 23.9 Å². The number of sulfonamides is 1. The van der Waals surface area contributed by atoms with Crippen LogP contribution < -0.4 is 20.3 Å². The summed E-state index contributed by atoms with van der Waals surface area (Å²) in [6, 6.07) is 13.3. The molecule has 0 radical (unpaired) electrons. The van der Waals surface area contributed by atoms with Crippen molar-refractivity contribution in [3.63, 3.8) is 0 Å². The van der Waals surface area contributed by atoms with E-state index in [9.17, 15) is 18.0 Å². The zero-order valence-electron chi connectivity index (χ0n) is 25.3. The van der Waals surface area contributed by atoms with Crippen LogP contribution in [-0.2, 0) is 34.1 Å². The van der Waals surface area contributed by atoms with E-state index in [4.69, 9.17) is 0 Å². The summed E-state index contributed by atoms with van der Waals surface area (Å²) in [5.41, 5.74) is 4.31. The molecule has 1 aliphatic heterocycles. The van der Waals surface area contributed by atoms with E-state index in [1.54, 1.807) is 6.07 Å².